The van der Waals surface area contributed by atoms with Crippen molar-refractivity contribution < 1.29 is 9.53 Å². The summed E-state index contributed by atoms with van der Waals surface area (Å²) in [5.74, 6) is -0.444. The Kier molecular flexibility index (Phi) is 5.33. The maximum absolute atomic E-state index is 12.8. The number of esters is 1. The second kappa shape index (κ2) is 8.39. The fourth-order valence-electron chi connectivity index (χ4n) is 2.96. The Balaban J connectivity index is 1.60. The quantitative estimate of drug-likeness (QED) is 0.470. The molecule has 0 radical (unpaired) electrons. The molecule has 0 saturated carbocycles. The highest BCUT2D eigenvalue weighted by atomic mass is 16.5. The summed E-state index contributed by atoms with van der Waals surface area (Å²) in [7, 11) is 0. The van der Waals surface area contributed by atoms with Gasteiger partial charge in [0.1, 0.15) is 11.3 Å². The van der Waals surface area contributed by atoms with E-state index in [0.717, 1.165) is 11.1 Å². The highest BCUT2D eigenvalue weighted by Gasteiger charge is 2.20. The molecule has 2 aromatic heterocycles. The Morgan fingerprint density at radius 2 is 1.53 bits per heavy atom. The summed E-state index contributed by atoms with van der Waals surface area (Å²) < 4.78 is 7.11. The highest BCUT2D eigenvalue weighted by Crippen LogP contribution is 2.23. The van der Waals surface area contributed by atoms with E-state index < -0.39 is 5.97 Å². The number of nitrogen functional groups attached to an aromatic ring is 2. The first-order valence-corrected chi connectivity index (χ1v) is 9.18. The van der Waals surface area contributed by atoms with Crippen molar-refractivity contribution in [1.29, 1.82) is 0 Å². The van der Waals surface area contributed by atoms with Crippen molar-refractivity contribution in [1.82, 2.24) is 24.7 Å². The fourth-order valence-corrected chi connectivity index (χ4v) is 2.96. The van der Waals surface area contributed by atoms with Crippen LogP contribution in [-0.4, -0.2) is 30.7 Å². The molecule has 0 aliphatic carbocycles. The molecule has 150 valence electrons. The summed E-state index contributed by atoms with van der Waals surface area (Å²) in [6.07, 6.45) is 1.67. The third-order valence-corrected chi connectivity index (χ3v) is 4.26. The number of nitrogens with two attached hydrogens (primary N) is 2. The zero-order chi connectivity index (χ0) is 20.9. The molecule has 0 aliphatic rings. The Morgan fingerprint density at radius 1 is 0.900 bits per heavy atom. The molecule has 2 aromatic carbocycles. The van der Waals surface area contributed by atoms with E-state index in [-0.39, 0.29) is 24.3 Å². The van der Waals surface area contributed by atoms with Crippen LogP contribution in [0.5, 0.6) is 0 Å². The van der Waals surface area contributed by atoms with Crippen molar-refractivity contribution in [2.75, 3.05) is 11.5 Å². The van der Waals surface area contributed by atoms with Crippen LogP contribution in [0.2, 0.25) is 0 Å². The molecule has 4 aromatic rings. The number of carbonyl (C=O) groups is 1. The van der Waals surface area contributed by atoms with Gasteiger partial charge in [0, 0.05) is 11.8 Å². The zero-order valence-corrected chi connectivity index (χ0v) is 16.0. The lowest BCUT2D eigenvalue weighted by Gasteiger charge is -2.05. The van der Waals surface area contributed by atoms with Crippen LogP contribution in [0.3, 0.4) is 0 Å². The van der Waals surface area contributed by atoms with E-state index in [1.54, 1.807) is 10.9 Å². The van der Waals surface area contributed by atoms with Gasteiger partial charge >= 0.3 is 5.97 Å². The Hall–Kier alpha value is -4.27. The van der Waals surface area contributed by atoms with Gasteiger partial charge in [-0.1, -0.05) is 60.7 Å². The minimum atomic E-state index is -0.550. The van der Waals surface area contributed by atoms with Crippen LogP contribution in [0.4, 0.5) is 11.9 Å². The third kappa shape index (κ3) is 4.41. The van der Waals surface area contributed by atoms with E-state index in [2.05, 4.69) is 20.1 Å². The predicted octanol–water partition coefficient (Wildman–Crippen LogP) is 2.30. The predicted molar refractivity (Wildman–Crippen MR) is 111 cm³/mol. The number of rotatable bonds is 6. The van der Waals surface area contributed by atoms with Crippen molar-refractivity contribution >= 4 is 17.9 Å². The topological polar surface area (TPSA) is 135 Å². The van der Waals surface area contributed by atoms with Crippen LogP contribution in [-0.2, 0) is 17.9 Å². The molecule has 0 saturated heterocycles. The lowest BCUT2D eigenvalue weighted by atomic mass is 10.1. The summed E-state index contributed by atoms with van der Waals surface area (Å²) in [6, 6.07) is 19.3. The van der Waals surface area contributed by atoms with Crippen LogP contribution in [0, 0.1) is 0 Å². The van der Waals surface area contributed by atoms with Crippen LogP contribution in [0.1, 0.15) is 21.7 Å². The molecule has 0 atom stereocenters. The van der Waals surface area contributed by atoms with E-state index >= 15 is 0 Å². The van der Waals surface area contributed by atoms with Gasteiger partial charge in [-0.05, 0) is 5.56 Å². The number of hydrogen-bond donors (Lipinski definition) is 2. The maximum atomic E-state index is 12.8. The number of anilines is 2. The van der Waals surface area contributed by atoms with Gasteiger partial charge in [0.05, 0.1) is 6.54 Å². The van der Waals surface area contributed by atoms with Gasteiger partial charge in [-0.15, -0.1) is 0 Å². The molecule has 0 fully saturated rings. The average Bonchev–Trinajstić information content (AvgIpc) is 3.16. The first kappa shape index (κ1) is 19.1. The zero-order valence-electron chi connectivity index (χ0n) is 16.0. The molecular weight excluding hydrogens is 382 g/mol. The molecular formula is C21H19N7O2. The van der Waals surface area contributed by atoms with E-state index in [0.29, 0.717) is 17.8 Å². The summed E-state index contributed by atoms with van der Waals surface area (Å²) >= 11 is 0. The van der Waals surface area contributed by atoms with Crippen molar-refractivity contribution in [2.45, 2.75) is 13.2 Å². The normalized spacial score (nSPS) is 10.7. The summed E-state index contributed by atoms with van der Waals surface area (Å²) in [4.78, 5) is 24.4. The van der Waals surface area contributed by atoms with Gasteiger partial charge in [-0.25, -0.2) is 4.79 Å². The molecule has 4 rings (SSSR count). The molecule has 0 unspecified atom stereocenters. The molecule has 2 heterocycles. The SMILES string of the molecule is Nc1nc(N)nc(COC(=O)c2cn(Cc3ccccc3)nc2-c2ccccc2)n1. The van der Waals surface area contributed by atoms with Crippen molar-refractivity contribution in [3.05, 3.63) is 83.8 Å². The van der Waals surface area contributed by atoms with E-state index in [4.69, 9.17) is 16.2 Å². The Bertz CT molecular complexity index is 1140. The average molecular weight is 401 g/mol. The van der Waals surface area contributed by atoms with Crippen molar-refractivity contribution in [3.8, 4) is 11.3 Å². The van der Waals surface area contributed by atoms with Gasteiger partial charge in [0.25, 0.3) is 0 Å². The molecule has 4 N–H and O–H groups in total. The molecule has 0 bridgehead atoms. The number of hydrogen-bond acceptors (Lipinski definition) is 8. The van der Waals surface area contributed by atoms with Crippen LogP contribution < -0.4 is 11.5 Å². The number of benzene rings is 2. The molecule has 0 spiro atoms. The minimum Gasteiger partial charge on any atom is -0.454 e. The van der Waals surface area contributed by atoms with Crippen LogP contribution in [0.25, 0.3) is 11.3 Å². The third-order valence-electron chi connectivity index (χ3n) is 4.26. The number of nitrogens with zero attached hydrogens (tertiary/aromatic N) is 5. The Labute approximate surface area is 172 Å². The molecule has 30 heavy (non-hydrogen) atoms. The lowest BCUT2D eigenvalue weighted by molar-refractivity contribution is 0.0463. The van der Waals surface area contributed by atoms with Gasteiger partial charge < -0.3 is 16.2 Å². The molecule has 0 amide bonds. The molecule has 9 heteroatoms. The number of aromatic nitrogens is 5. The highest BCUT2D eigenvalue weighted by molar-refractivity contribution is 5.96. The smallest absolute Gasteiger partial charge is 0.342 e. The largest absolute Gasteiger partial charge is 0.454 e. The fraction of sp³-hybridized carbons (Fsp3) is 0.0952. The minimum absolute atomic E-state index is 0.0331. The maximum Gasteiger partial charge on any atom is 0.342 e. The summed E-state index contributed by atoms with van der Waals surface area (Å²) in [5.41, 5.74) is 13.9. The number of carbonyl (C=O) groups excluding carboxylic acids is 1. The Morgan fingerprint density at radius 3 is 2.20 bits per heavy atom. The second-order valence-corrected chi connectivity index (χ2v) is 6.48. The lowest BCUT2D eigenvalue weighted by Crippen LogP contribution is -2.11. The summed E-state index contributed by atoms with van der Waals surface area (Å²) in [5, 5.41) is 4.61. The second-order valence-electron chi connectivity index (χ2n) is 6.48. The first-order chi connectivity index (χ1) is 14.6. The molecule has 0 aliphatic heterocycles. The van der Waals surface area contributed by atoms with Crippen LogP contribution >= 0.6 is 0 Å². The summed E-state index contributed by atoms with van der Waals surface area (Å²) in [6.45, 7) is 0.336. The van der Waals surface area contributed by atoms with Crippen molar-refractivity contribution in [2.24, 2.45) is 0 Å². The van der Waals surface area contributed by atoms with Gasteiger partial charge in [-0.2, -0.15) is 20.1 Å². The molecule has 9 nitrogen and oxygen atoms in total. The van der Waals surface area contributed by atoms with E-state index in [1.165, 1.54) is 0 Å². The van der Waals surface area contributed by atoms with Gasteiger partial charge in [0.2, 0.25) is 11.9 Å². The first-order valence-electron chi connectivity index (χ1n) is 9.18. The van der Waals surface area contributed by atoms with Crippen molar-refractivity contribution in [3.63, 3.8) is 0 Å². The monoisotopic (exact) mass is 401 g/mol. The van der Waals surface area contributed by atoms with E-state index in [9.17, 15) is 4.79 Å². The standard InChI is InChI=1S/C21H19N7O2/c22-20-24-17(25-21(23)26-20)13-30-19(29)16-12-28(11-14-7-3-1-4-8-14)27-18(16)15-9-5-2-6-10-15/h1-10,12H,11,13H2,(H4,22,23,24,25,26). The van der Waals surface area contributed by atoms with Gasteiger partial charge in [-0.3, -0.25) is 4.68 Å². The van der Waals surface area contributed by atoms with E-state index in [1.807, 2.05) is 60.7 Å². The van der Waals surface area contributed by atoms with Crippen LogP contribution in [0.15, 0.2) is 66.9 Å². The van der Waals surface area contributed by atoms with Gasteiger partial charge in [0.15, 0.2) is 12.4 Å². The number of ether oxygens (including phenoxy) is 1.